The first-order valence-corrected chi connectivity index (χ1v) is 8.17. The predicted octanol–water partition coefficient (Wildman–Crippen LogP) is 1.22. The number of imidazole rings is 1. The first-order chi connectivity index (χ1) is 10.4. The average molecular weight is 327 g/mol. The molecule has 1 aromatic carbocycles. The van der Waals surface area contributed by atoms with E-state index >= 15 is 0 Å². The van der Waals surface area contributed by atoms with Crippen LogP contribution in [0.25, 0.3) is 11.0 Å². The summed E-state index contributed by atoms with van der Waals surface area (Å²) in [6, 6.07) is 5.24. The maximum Gasteiger partial charge on any atom is 0.302 e. The Morgan fingerprint density at radius 3 is 2.95 bits per heavy atom. The minimum Gasteiger partial charge on any atom is -0.497 e. The summed E-state index contributed by atoms with van der Waals surface area (Å²) in [5, 5.41) is 0. The van der Waals surface area contributed by atoms with E-state index in [1.165, 1.54) is 4.90 Å². The highest BCUT2D eigenvalue weighted by atomic mass is 32.3. The van der Waals surface area contributed by atoms with Crippen LogP contribution in [-0.4, -0.2) is 43.7 Å². The van der Waals surface area contributed by atoms with Gasteiger partial charge in [-0.2, -0.15) is 8.42 Å². The van der Waals surface area contributed by atoms with Crippen LogP contribution in [0.3, 0.4) is 0 Å². The minimum absolute atomic E-state index is 0.0104. The molecular weight excluding hydrogens is 313 g/mol. The largest absolute Gasteiger partial charge is 0.497 e. The van der Waals surface area contributed by atoms with Crippen LogP contribution in [0, 0.1) is 5.92 Å². The number of hydrogen-bond donors (Lipinski definition) is 1. The molecular formula is C13H14FN3O4S. The van der Waals surface area contributed by atoms with E-state index in [0.29, 0.717) is 22.7 Å². The van der Waals surface area contributed by atoms with Gasteiger partial charge in [-0.25, -0.2) is 4.98 Å². The van der Waals surface area contributed by atoms with Crippen LogP contribution in [0.15, 0.2) is 18.2 Å². The number of carbonyl (C=O) groups excluding carboxylic acids is 1. The lowest BCUT2D eigenvalue weighted by molar-refractivity contribution is -0.117. The lowest BCUT2D eigenvalue weighted by Gasteiger charge is -2.12. The van der Waals surface area contributed by atoms with Crippen LogP contribution >= 0.6 is 0 Å². The van der Waals surface area contributed by atoms with Crippen molar-refractivity contribution in [1.82, 2.24) is 9.97 Å². The SMILES string of the molecule is COc1ccc2nc(N3CC(CS(=O)(=O)F)CC3=O)[nH]c2c1. The Labute approximate surface area is 126 Å². The van der Waals surface area contributed by atoms with Gasteiger partial charge >= 0.3 is 10.2 Å². The summed E-state index contributed by atoms with van der Waals surface area (Å²) in [7, 11) is -3.05. The van der Waals surface area contributed by atoms with Crippen LogP contribution in [-0.2, 0) is 15.0 Å². The van der Waals surface area contributed by atoms with Crippen molar-refractivity contribution in [3.05, 3.63) is 18.2 Å². The maximum atomic E-state index is 12.8. The Bertz CT molecular complexity index is 833. The molecule has 0 radical (unpaired) electrons. The number of amides is 1. The highest BCUT2D eigenvalue weighted by Gasteiger charge is 2.35. The molecule has 9 heteroatoms. The number of benzene rings is 1. The van der Waals surface area contributed by atoms with Crippen LogP contribution in [0.5, 0.6) is 5.75 Å². The fourth-order valence-corrected chi connectivity index (χ4v) is 3.40. The van der Waals surface area contributed by atoms with Crippen molar-refractivity contribution < 1.29 is 21.8 Å². The van der Waals surface area contributed by atoms with Gasteiger partial charge in [0.15, 0.2) is 0 Å². The molecule has 22 heavy (non-hydrogen) atoms. The molecule has 1 aliphatic rings. The van der Waals surface area contributed by atoms with Gasteiger partial charge < -0.3 is 9.72 Å². The number of halogens is 1. The van der Waals surface area contributed by atoms with Gasteiger partial charge in [0, 0.05) is 24.9 Å². The van der Waals surface area contributed by atoms with Crippen molar-refractivity contribution in [2.75, 3.05) is 24.3 Å². The molecule has 7 nitrogen and oxygen atoms in total. The number of H-pyrrole nitrogens is 1. The molecule has 1 N–H and O–H groups in total. The second kappa shape index (κ2) is 5.24. The second-order valence-electron chi connectivity index (χ2n) is 5.22. The molecule has 2 heterocycles. The zero-order chi connectivity index (χ0) is 15.9. The van der Waals surface area contributed by atoms with Gasteiger partial charge in [0.1, 0.15) is 5.75 Å². The number of nitrogens with one attached hydrogen (secondary N) is 1. The molecule has 1 unspecified atom stereocenters. The predicted molar refractivity (Wildman–Crippen MR) is 78.0 cm³/mol. The Balaban J connectivity index is 1.86. The summed E-state index contributed by atoms with van der Waals surface area (Å²) in [6.45, 7) is 0.124. The molecule has 2 aromatic rings. The van der Waals surface area contributed by atoms with E-state index < -0.39 is 21.9 Å². The van der Waals surface area contributed by atoms with E-state index in [-0.39, 0.29) is 18.9 Å². The topological polar surface area (TPSA) is 92.4 Å². The molecule has 0 bridgehead atoms. The number of carbonyl (C=O) groups is 1. The molecule has 1 amide bonds. The van der Waals surface area contributed by atoms with E-state index in [1.807, 2.05) is 0 Å². The number of aromatic nitrogens is 2. The molecule has 1 saturated heterocycles. The van der Waals surface area contributed by atoms with Crippen LogP contribution in [0.1, 0.15) is 6.42 Å². The number of hydrogen-bond acceptors (Lipinski definition) is 5. The first kappa shape index (κ1) is 14.8. The van der Waals surface area contributed by atoms with Crippen molar-refractivity contribution >= 4 is 33.1 Å². The minimum atomic E-state index is -4.60. The normalized spacial score (nSPS) is 19.1. The van der Waals surface area contributed by atoms with Crippen LogP contribution < -0.4 is 9.64 Å². The van der Waals surface area contributed by atoms with E-state index in [9.17, 15) is 17.1 Å². The number of fused-ring (bicyclic) bond motifs is 1. The summed E-state index contributed by atoms with van der Waals surface area (Å²) in [6.07, 6.45) is -0.0104. The Morgan fingerprint density at radius 1 is 1.50 bits per heavy atom. The first-order valence-electron chi connectivity index (χ1n) is 6.62. The number of anilines is 1. The third kappa shape index (κ3) is 2.89. The van der Waals surface area contributed by atoms with Gasteiger partial charge in [-0.3, -0.25) is 9.69 Å². The molecule has 0 aliphatic carbocycles. The molecule has 1 atom stereocenters. The highest BCUT2D eigenvalue weighted by molar-refractivity contribution is 7.86. The van der Waals surface area contributed by atoms with Gasteiger partial charge in [-0.05, 0) is 12.1 Å². The third-order valence-corrected chi connectivity index (χ3v) is 4.44. The highest BCUT2D eigenvalue weighted by Crippen LogP contribution is 2.27. The van der Waals surface area contributed by atoms with Crippen LogP contribution in [0.2, 0.25) is 0 Å². The molecule has 0 saturated carbocycles. The number of ether oxygens (including phenoxy) is 1. The molecule has 118 valence electrons. The summed E-state index contributed by atoms with van der Waals surface area (Å²) in [5.41, 5.74) is 1.36. The van der Waals surface area contributed by atoms with Gasteiger partial charge in [-0.1, -0.05) is 0 Å². The monoisotopic (exact) mass is 327 g/mol. The van der Waals surface area contributed by atoms with E-state index in [4.69, 9.17) is 4.74 Å². The van der Waals surface area contributed by atoms with E-state index in [0.717, 1.165) is 0 Å². The average Bonchev–Trinajstić information content (AvgIpc) is 2.98. The fraction of sp³-hybridized carbons (Fsp3) is 0.385. The van der Waals surface area contributed by atoms with Gasteiger partial charge in [0.05, 0.1) is 23.9 Å². The van der Waals surface area contributed by atoms with Gasteiger partial charge in [0.2, 0.25) is 11.9 Å². The van der Waals surface area contributed by atoms with Gasteiger partial charge in [-0.15, -0.1) is 3.89 Å². The standard InChI is InChI=1S/C13H14FN3O4S/c1-21-9-2-3-10-11(5-9)16-13(15-10)17-6-8(4-12(17)18)7-22(14,19)20/h2-3,5,8H,4,6-7H2,1H3,(H,15,16). The smallest absolute Gasteiger partial charge is 0.302 e. The summed E-state index contributed by atoms with van der Waals surface area (Å²) in [5.74, 6) is -0.516. The van der Waals surface area contributed by atoms with Crippen molar-refractivity contribution in [3.63, 3.8) is 0 Å². The molecule has 1 fully saturated rings. The Hall–Kier alpha value is -2.16. The lowest BCUT2D eigenvalue weighted by Crippen LogP contribution is -2.26. The third-order valence-electron chi connectivity index (χ3n) is 3.57. The maximum absolute atomic E-state index is 12.8. The summed E-state index contributed by atoms with van der Waals surface area (Å²) >= 11 is 0. The number of methoxy groups -OCH3 is 1. The van der Waals surface area contributed by atoms with Gasteiger partial charge in [0.25, 0.3) is 0 Å². The second-order valence-corrected chi connectivity index (χ2v) is 6.63. The zero-order valence-electron chi connectivity index (χ0n) is 11.7. The van der Waals surface area contributed by atoms with Crippen molar-refractivity contribution in [2.45, 2.75) is 6.42 Å². The van der Waals surface area contributed by atoms with Crippen LogP contribution in [0.4, 0.5) is 9.83 Å². The Kier molecular flexibility index (Phi) is 3.51. The summed E-state index contributed by atoms with van der Waals surface area (Å²) < 4.78 is 39.3. The van der Waals surface area contributed by atoms with E-state index in [2.05, 4.69) is 9.97 Å². The zero-order valence-corrected chi connectivity index (χ0v) is 12.6. The molecule has 3 rings (SSSR count). The van der Waals surface area contributed by atoms with E-state index in [1.54, 1.807) is 25.3 Å². The Morgan fingerprint density at radius 2 is 2.27 bits per heavy atom. The van der Waals surface area contributed by atoms with Crippen molar-refractivity contribution in [2.24, 2.45) is 5.92 Å². The fourth-order valence-electron chi connectivity index (χ4n) is 2.61. The quantitative estimate of drug-likeness (QED) is 0.853. The molecule has 1 aromatic heterocycles. The number of rotatable bonds is 4. The summed E-state index contributed by atoms with van der Waals surface area (Å²) in [4.78, 5) is 20.6. The lowest BCUT2D eigenvalue weighted by atomic mass is 10.1. The molecule has 1 aliphatic heterocycles. The number of aromatic amines is 1. The van der Waals surface area contributed by atoms with Crippen molar-refractivity contribution in [1.29, 1.82) is 0 Å². The molecule has 0 spiro atoms. The number of nitrogens with zero attached hydrogens (tertiary/aromatic N) is 2. The van der Waals surface area contributed by atoms with Crippen molar-refractivity contribution in [3.8, 4) is 5.75 Å².